The molecule has 4 aliphatic rings. The van der Waals surface area contributed by atoms with E-state index in [2.05, 4.69) is 15.9 Å². The lowest BCUT2D eigenvalue weighted by molar-refractivity contribution is -0.152. The molecule has 6 heteroatoms. The molecular formula is C30H44N2O4. The fourth-order valence-electron chi connectivity index (χ4n) is 7.86. The van der Waals surface area contributed by atoms with E-state index in [1.165, 1.54) is 50.5 Å². The van der Waals surface area contributed by atoms with Gasteiger partial charge in [0, 0.05) is 31.7 Å². The Kier molecular flexibility index (Phi) is 8.19. The number of nitrogens with zero attached hydrogens (tertiary/aromatic N) is 2. The number of fused-ring (bicyclic) bond motifs is 2. The smallest absolute Gasteiger partial charge is 0.307 e. The van der Waals surface area contributed by atoms with Crippen LogP contribution in [0.15, 0.2) is 24.3 Å². The third-order valence-electron chi connectivity index (χ3n) is 9.77. The molecule has 4 fully saturated rings. The maximum absolute atomic E-state index is 13.8. The van der Waals surface area contributed by atoms with Gasteiger partial charge in [-0.15, -0.1) is 0 Å². The van der Waals surface area contributed by atoms with Gasteiger partial charge in [-0.1, -0.05) is 44.2 Å². The van der Waals surface area contributed by atoms with Crippen LogP contribution in [-0.4, -0.2) is 63.6 Å². The van der Waals surface area contributed by atoms with Crippen LogP contribution in [0.5, 0.6) is 5.75 Å². The molecule has 2 unspecified atom stereocenters. The lowest BCUT2D eigenvalue weighted by Gasteiger charge is -2.41. The first kappa shape index (κ1) is 25.6. The van der Waals surface area contributed by atoms with E-state index < -0.39 is 11.9 Å². The van der Waals surface area contributed by atoms with E-state index in [9.17, 15) is 19.8 Å². The van der Waals surface area contributed by atoms with Gasteiger partial charge in [0.15, 0.2) is 0 Å². The fourth-order valence-corrected chi connectivity index (χ4v) is 7.86. The first-order valence-corrected chi connectivity index (χ1v) is 14.6. The van der Waals surface area contributed by atoms with Crippen molar-refractivity contribution in [3.05, 3.63) is 29.8 Å². The second kappa shape index (κ2) is 11.5. The molecule has 5 rings (SSSR count). The van der Waals surface area contributed by atoms with Crippen LogP contribution in [0, 0.1) is 17.8 Å². The Morgan fingerprint density at radius 2 is 1.56 bits per heavy atom. The number of hydrogen-bond donors (Lipinski definition) is 2. The van der Waals surface area contributed by atoms with Crippen LogP contribution < -0.4 is 0 Å². The molecule has 2 heterocycles. The molecule has 2 bridgehead atoms. The quantitative estimate of drug-likeness (QED) is 0.503. The number of carboxylic acid groups (broad SMARTS) is 1. The van der Waals surface area contributed by atoms with Crippen molar-refractivity contribution in [2.75, 3.05) is 19.6 Å². The number of rotatable bonds is 8. The normalized spacial score (nSPS) is 31.3. The Labute approximate surface area is 216 Å². The Balaban J connectivity index is 1.25. The molecule has 2 aliphatic heterocycles. The number of aliphatic carboxylic acids is 1. The molecule has 2 saturated carbocycles. The second-order valence-corrected chi connectivity index (χ2v) is 12.0. The highest BCUT2D eigenvalue weighted by Crippen LogP contribution is 2.43. The number of carbonyl (C=O) groups excluding carboxylic acids is 1. The monoisotopic (exact) mass is 496 g/mol. The number of piperidine rings is 1. The maximum atomic E-state index is 13.8. The maximum Gasteiger partial charge on any atom is 0.307 e. The van der Waals surface area contributed by atoms with Crippen molar-refractivity contribution in [2.45, 2.75) is 101 Å². The number of carboxylic acids is 1. The van der Waals surface area contributed by atoms with Gasteiger partial charge in [-0.05, 0) is 80.9 Å². The summed E-state index contributed by atoms with van der Waals surface area (Å²) in [6.45, 7) is 2.42. The van der Waals surface area contributed by atoms with Gasteiger partial charge in [0.2, 0.25) is 5.91 Å². The zero-order valence-electron chi connectivity index (χ0n) is 21.7. The molecule has 36 heavy (non-hydrogen) atoms. The molecule has 6 nitrogen and oxygen atoms in total. The first-order chi connectivity index (χ1) is 17.5. The summed E-state index contributed by atoms with van der Waals surface area (Å²) in [7, 11) is 0. The van der Waals surface area contributed by atoms with Crippen molar-refractivity contribution in [3.63, 3.8) is 0 Å². The van der Waals surface area contributed by atoms with Crippen LogP contribution in [0.25, 0.3) is 0 Å². The lowest BCUT2D eigenvalue weighted by Crippen LogP contribution is -2.50. The standard InChI is InChI=1S/C30H44N2O4/c33-26-10-6-9-22(19-26)23-17-24-13-14-25(18-23)32(24)16-15-31(20-21-7-2-1-3-8-21)29(34)27-11-4-5-12-28(27)30(35)36/h6,9-10,19,21,23-25,27-28,33H,1-5,7-8,11-18,20H2,(H,35,36)/t23-,24+,25-,27?,28?. The molecule has 1 aromatic rings. The predicted octanol–water partition coefficient (Wildman–Crippen LogP) is 5.40. The highest BCUT2D eigenvalue weighted by molar-refractivity contribution is 5.85. The fraction of sp³-hybridized carbons (Fsp3) is 0.733. The summed E-state index contributed by atoms with van der Waals surface area (Å²) < 4.78 is 0. The summed E-state index contributed by atoms with van der Waals surface area (Å²) in [5.74, 6) is -0.163. The van der Waals surface area contributed by atoms with Gasteiger partial charge < -0.3 is 15.1 Å². The van der Waals surface area contributed by atoms with Crippen LogP contribution in [0.2, 0.25) is 0 Å². The van der Waals surface area contributed by atoms with Crippen LogP contribution >= 0.6 is 0 Å². The Morgan fingerprint density at radius 3 is 2.22 bits per heavy atom. The average Bonchev–Trinajstić information content (AvgIpc) is 3.12. The van der Waals surface area contributed by atoms with E-state index in [0.717, 1.165) is 51.7 Å². The molecular weight excluding hydrogens is 452 g/mol. The summed E-state index contributed by atoms with van der Waals surface area (Å²) in [4.78, 5) is 30.5. The molecule has 2 saturated heterocycles. The van der Waals surface area contributed by atoms with E-state index in [4.69, 9.17) is 0 Å². The third-order valence-corrected chi connectivity index (χ3v) is 9.77. The topological polar surface area (TPSA) is 81.1 Å². The number of phenols is 1. The van der Waals surface area contributed by atoms with Crippen molar-refractivity contribution < 1.29 is 19.8 Å². The number of amides is 1. The number of benzene rings is 1. The Hall–Kier alpha value is -2.08. The summed E-state index contributed by atoms with van der Waals surface area (Å²) in [5.41, 5.74) is 1.25. The largest absolute Gasteiger partial charge is 0.508 e. The van der Waals surface area contributed by atoms with Gasteiger partial charge in [0.1, 0.15) is 5.75 Å². The molecule has 2 aliphatic carbocycles. The van der Waals surface area contributed by atoms with Crippen LogP contribution in [0.3, 0.4) is 0 Å². The highest BCUT2D eigenvalue weighted by Gasteiger charge is 2.42. The minimum absolute atomic E-state index is 0.106. The first-order valence-electron chi connectivity index (χ1n) is 14.6. The summed E-state index contributed by atoms with van der Waals surface area (Å²) in [5, 5.41) is 19.8. The molecule has 0 radical (unpaired) electrons. The summed E-state index contributed by atoms with van der Waals surface area (Å²) in [6, 6.07) is 8.82. The minimum atomic E-state index is -0.794. The lowest BCUT2D eigenvalue weighted by atomic mass is 9.78. The van der Waals surface area contributed by atoms with Crippen LogP contribution in [0.1, 0.15) is 95.0 Å². The highest BCUT2D eigenvalue weighted by atomic mass is 16.4. The van der Waals surface area contributed by atoms with Gasteiger partial charge in [0.25, 0.3) is 0 Å². The van der Waals surface area contributed by atoms with Crippen LogP contribution in [0.4, 0.5) is 0 Å². The number of carbonyl (C=O) groups is 2. The van der Waals surface area contributed by atoms with E-state index in [-0.39, 0.29) is 11.8 Å². The van der Waals surface area contributed by atoms with Crippen molar-refractivity contribution >= 4 is 11.9 Å². The number of phenolic OH excluding ortho intramolecular Hbond substituents is 1. The molecule has 198 valence electrons. The van der Waals surface area contributed by atoms with Crippen molar-refractivity contribution in [2.24, 2.45) is 17.8 Å². The van der Waals surface area contributed by atoms with Crippen molar-refractivity contribution in [1.29, 1.82) is 0 Å². The summed E-state index contributed by atoms with van der Waals surface area (Å²) in [6.07, 6.45) is 14.1. The zero-order valence-corrected chi connectivity index (χ0v) is 21.7. The molecule has 1 amide bonds. The second-order valence-electron chi connectivity index (χ2n) is 12.0. The van der Waals surface area contributed by atoms with Gasteiger partial charge >= 0.3 is 5.97 Å². The number of hydrogen-bond acceptors (Lipinski definition) is 4. The van der Waals surface area contributed by atoms with Crippen LogP contribution in [-0.2, 0) is 9.59 Å². The Bertz CT molecular complexity index is 900. The van der Waals surface area contributed by atoms with E-state index in [0.29, 0.717) is 36.1 Å². The van der Waals surface area contributed by atoms with Gasteiger partial charge in [-0.2, -0.15) is 0 Å². The molecule has 0 aromatic heterocycles. The SMILES string of the molecule is O=C(O)C1CCCCC1C(=O)N(CCN1[C@@H]2CC[C@H]1C[C@@H](c1cccc(O)c1)C2)CC1CCCCC1. The molecule has 1 aromatic carbocycles. The van der Waals surface area contributed by atoms with Gasteiger partial charge in [-0.25, -0.2) is 0 Å². The molecule has 5 atom stereocenters. The van der Waals surface area contributed by atoms with Crippen molar-refractivity contribution in [3.8, 4) is 5.75 Å². The minimum Gasteiger partial charge on any atom is -0.508 e. The zero-order chi connectivity index (χ0) is 25.1. The van der Waals surface area contributed by atoms with E-state index in [1.54, 1.807) is 6.07 Å². The average molecular weight is 497 g/mol. The molecule has 0 spiro atoms. The summed E-state index contributed by atoms with van der Waals surface area (Å²) >= 11 is 0. The Morgan fingerprint density at radius 1 is 0.889 bits per heavy atom. The van der Waals surface area contributed by atoms with Gasteiger partial charge in [0.05, 0.1) is 11.8 Å². The van der Waals surface area contributed by atoms with Crippen molar-refractivity contribution in [1.82, 2.24) is 9.80 Å². The molecule has 2 N–H and O–H groups in total. The van der Waals surface area contributed by atoms with Gasteiger partial charge in [-0.3, -0.25) is 14.5 Å². The predicted molar refractivity (Wildman–Crippen MR) is 140 cm³/mol. The third kappa shape index (κ3) is 5.74. The van der Waals surface area contributed by atoms with E-state index >= 15 is 0 Å². The van der Waals surface area contributed by atoms with E-state index in [1.807, 2.05) is 12.1 Å². The number of aromatic hydroxyl groups is 1.